The standard InChI is InChI=1S/C14H19N3O2/c1-10(6-7-15)11-2-4-12(5-3-11)17-9-8-16-13(18)14(17)19/h2-5,10H,6-9,15H2,1H3,(H,16,18). The van der Waals surface area contributed by atoms with Crippen molar-refractivity contribution in [2.24, 2.45) is 5.73 Å². The van der Waals surface area contributed by atoms with Crippen LogP contribution in [-0.4, -0.2) is 31.4 Å². The largest absolute Gasteiger partial charge is 0.346 e. The van der Waals surface area contributed by atoms with Gasteiger partial charge in [-0.15, -0.1) is 0 Å². The van der Waals surface area contributed by atoms with Crippen molar-refractivity contribution in [2.75, 3.05) is 24.5 Å². The predicted molar refractivity (Wildman–Crippen MR) is 73.9 cm³/mol. The van der Waals surface area contributed by atoms with Gasteiger partial charge in [-0.3, -0.25) is 9.59 Å². The number of hydrogen-bond donors (Lipinski definition) is 2. The first-order chi connectivity index (χ1) is 9.13. The van der Waals surface area contributed by atoms with E-state index in [4.69, 9.17) is 5.73 Å². The van der Waals surface area contributed by atoms with Crippen LogP contribution in [0.4, 0.5) is 5.69 Å². The van der Waals surface area contributed by atoms with Crippen LogP contribution in [0.2, 0.25) is 0 Å². The molecule has 1 aromatic carbocycles. The number of rotatable bonds is 4. The van der Waals surface area contributed by atoms with Crippen LogP contribution in [0.15, 0.2) is 24.3 Å². The predicted octanol–water partition coefficient (Wildman–Crippen LogP) is 0.602. The van der Waals surface area contributed by atoms with Crippen LogP contribution < -0.4 is 16.0 Å². The van der Waals surface area contributed by atoms with Crippen LogP contribution in [-0.2, 0) is 9.59 Å². The van der Waals surface area contributed by atoms with Crippen LogP contribution in [0.25, 0.3) is 0 Å². The van der Waals surface area contributed by atoms with E-state index in [-0.39, 0.29) is 0 Å². The Bertz CT molecular complexity index is 470. The Balaban J connectivity index is 2.13. The molecule has 102 valence electrons. The van der Waals surface area contributed by atoms with Gasteiger partial charge in [-0.2, -0.15) is 0 Å². The van der Waals surface area contributed by atoms with E-state index in [1.54, 1.807) is 0 Å². The highest BCUT2D eigenvalue weighted by atomic mass is 16.2. The maximum Gasteiger partial charge on any atom is 0.316 e. The number of amides is 2. The first-order valence-corrected chi connectivity index (χ1v) is 6.53. The highest BCUT2D eigenvalue weighted by Gasteiger charge is 2.27. The molecule has 5 nitrogen and oxygen atoms in total. The fraction of sp³-hybridized carbons (Fsp3) is 0.429. The van der Waals surface area contributed by atoms with Crippen LogP contribution in [0.3, 0.4) is 0 Å². The number of piperazine rings is 1. The Morgan fingerprint density at radius 1 is 1.32 bits per heavy atom. The van der Waals surface area contributed by atoms with Crippen LogP contribution in [0.5, 0.6) is 0 Å². The minimum atomic E-state index is -0.535. The van der Waals surface area contributed by atoms with Crippen molar-refractivity contribution in [1.29, 1.82) is 0 Å². The van der Waals surface area contributed by atoms with Crippen molar-refractivity contribution in [3.63, 3.8) is 0 Å². The van der Waals surface area contributed by atoms with Gasteiger partial charge in [0.25, 0.3) is 0 Å². The number of nitrogens with two attached hydrogens (primary N) is 1. The zero-order chi connectivity index (χ0) is 13.8. The van der Waals surface area contributed by atoms with Gasteiger partial charge in [0.05, 0.1) is 0 Å². The van der Waals surface area contributed by atoms with Crippen molar-refractivity contribution in [3.05, 3.63) is 29.8 Å². The molecule has 19 heavy (non-hydrogen) atoms. The quantitative estimate of drug-likeness (QED) is 0.779. The summed E-state index contributed by atoms with van der Waals surface area (Å²) in [5.74, 6) is -0.625. The summed E-state index contributed by atoms with van der Waals surface area (Å²) in [6.45, 7) is 3.80. The zero-order valence-corrected chi connectivity index (χ0v) is 11.1. The van der Waals surface area contributed by atoms with Gasteiger partial charge in [0.15, 0.2) is 0 Å². The third-order valence-corrected chi connectivity index (χ3v) is 3.43. The van der Waals surface area contributed by atoms with Gasteiger partial charge in [0.2, 0.25) is 0 Å². The third kappa shape index (κ3) is 2.93. The minimum absolute atomic E-state index is 0.402. The molecule has 5 heteroatoms. The second-order valence-corrected chi connectivity index (χ2v) is 4.78. The summed E-state index contributed by atoms with van der Waals surface area (Å²) in [6.07, 6.45) is 0.935. The summed E-state index contributed by atoms with van der Waals surface area (Å²) in [7, 11) is 0. The fourth-order valence-corrected chi connectivity index (χ4v) is 2.23. The summed E-state index contributed by atoms with van der Waals surface area (Å²) in [4.78, 5) is 24.6. The lowest BCUT2D eigenvalue weighted by molar-refractivity contribution is -0.138. The maximum atomic E-state index is 11.7. The summed E-state index contributed by atoms with van der Waals surface area (Å²) in [6, 6.07) is 7.77. The number of nitrogens with zero attached hydrogens (tertiary/aromatic N) is 1. The van der Waals surface area contributed by atoms with Gasteiger partial charge in [0.1, 0.15) is 0 Å². The monoisotopic (exact) mass is 261 g/mol. The molecular formula is C14H19N3O2. The van der Waals surface area contributed by atoms with Crippen LogP contribution in [0.1, 0.15) is 24.8 Å². The molecule has 3 N–H and O–H groups in total. The van der Waals surface area contributed by atoms with Crippen LogP contribution in [0, 0.1) is 0 Å². The molecule has 2 rings (SSSR count). The lowest BCUT2D eigenvalue weighted by atomic mass is 9.97. The molecule has 0 spiro atoms. The lowest BCUT2D eigenvalue weighted by Gasteiger charge is -2.26. The first kappa shape index (κ1) is 13.5. The van der Waals surface area contributed by atoms with Gasteiger partial charge in [0, 0.05) is 18.8 Å². The molecule has 1 aliphatic heterocycles. The topological polar surface area (TPSA) is 75.4 Å². The summed E-state index contributed by atoms with van der Waals surface area (Å²) < 4.78 is 0. The molecule has 2 amide bonds. The van der Waals surface area contributed by atoms with E-state index in [0.717, 1.165) is 12.1 Å². The molecule has 1 aliphatic rings. The third-order valence-electron chi connectivity index (χ3n) is 3.43. The van der Waals surface area contributed by atoms with Crippen molar-refractivity contribution in [3.8, 4) is 0 Å². The molecule has 0 saturated carbocycles. The average Bonchev–Trinajstić information content (AvgIpc) is 2.42. The van der Waals surface area contributed by atoms with E-state index >= 15 is 0 Å². The molecule has 0 aliphatic carbocycles. The Labute approximate surface area is 112 Å². The number of anilines is 1. The lowest BCUT2D eigenvalue weighted by Crippen LogP contribution is -2.52. The second-order valence-electron chi connectivity index (χ2n) is 4.78. The normalized spacial score (nSPS) is 17.3. The molecule has 1 aromatic rings. The van der Waals surface area contributed by atoms with Crippen molar-refractivity contribution in [2.45, 2.75) is 19.3 Å². The van der Waals surface area contributed by atoms with E-state index in [1.165, 1.54) is 10.5 Å². The number of carbonyl (C=O) groups excluding carboxylic acids is 2. The number of carbonyl (C=O) groups is 2. The molecule has 1 fully saturated rings. The molecule has 0 radical (unpaired) electrons. The summed E-state index contributed by atoms with van der Waals surface area (Å²) in [5, 5.41) is 2.53. The maximum absolute atomic E-state index is 11.7. The number of benzene rings is 1. The molecule has 0 aromatic heterocycles. The Morgan fingerprint density at radius 2 is 2.00 bits per heavy atom. The Morgan fingerprint density at radius 3 is 2.63 bits per heavy atom. The van der Waals surface area contributed by atoms with Crippen molar-refractivity contribution < 1.29 is 9.59 Å². The second kappa shape index (κ2) is 5.84. The van der Waals surface area contributed by atoms with Crippen molar-refractivity contribution >= 4 is 17.5 Å². The molecule has 1 heterocycles. The molecular weight excluding hydrogens is 242 g/mol. The summed E-state index contributed by atoms with van der Waals surface area (Å²) in [5.41, 5.74) is 7.51. The van der Waals surface area contributed by atoms with Gasteiger partial charge in [-0.05, 0) is 36.6 Å². The number of nitrogens with one attached hydrogen (secondary N) is 1. The number of hydrogen-bond acceptors (Lipinski definition) is 3. The summed E-state index contributed by atoms with van der Waals surface area (Å²) >= 11 is 0. The minimum Gasteiger partial charge on any atom is -0.346 e. The molecule has 0 bridgehead atoms. The van der Waals surface area contributed by atoms with Gasteiger partial charge in [-0.25, -0.2) is 0 Å². The zero-order valence-electron chi connectivity index (χ0n) is 11.1. The van der Waals surface area contributed by atoms with E-state index in [2.05, 4.69) is 12.2 Å². The van der Waals surface area contributed by atoms with Crippen LogP contribution >= 0.6 is 0 Å². The highest BCUT2D eigenvalue weighted by molar-refractivity contribution is 6.41. The van der Waals surface area contributed by atoms with E-state index in [9.17, 15) is 9.59 Å². The van der Waals surface area contributed by atoms with Crippen molar-refractivity contribution in [1.82, 2.24) is 5.32 Å². The average molecular weight is 261 g/mol. The smallest absolute Gasteiger partial charge is 0.316 e. The van der Waals surface area contributed by atoms with Gasteiger partial charge < -0.3 is 16.0 Å². The van der Waals surface area contributed by atoms with E-state index in [0.29, 0.717) is 25.6 Å². The van der Waals surface area contributed by atoms with E-state index < -0.39 is 11.8 Å². The first-order valence-electron chi connectivity index (χ1n) is 6.53. The van der Waals surface area contributed by atoms with E-state index in [1.807, 2.05) is 24.3 Å². The van der Waals surface area contributed by atoms with Gasteiger partial charge in [-0.1, -0.05) is 19.1 Å². The highest BCUT2D eigenvalue weighted by Crippen LogP contribution is 2.22. The molecule has 1 saturated heterocycles. The molecule has 1 atom stereocenters. The fourth-order valence-electron chi connectivity index (χ4n) is 2.23. The van der Waals surface area contributed by atoms with Gasteiger partial charge >= 0.3 is 11.8 Å². The SMILES string of the molecule is CC(CCN)c1ccc(N2CCNC(=O)C2=O)cc1. The molecule has 1 unspecified atom stereocenters. The Hall–Kier alpha value is -1.88. The Kier molecular flexibility index (Phi) is 4.16.